The maximum Gasteiger partial charge on any atom is 0.115 e. The summed E-state index contributed by atoms with van der Waals surface area (Å²) in [5, 5.41) is 18.9. The molecule has 110 valence electrons. The van der Waals surface area contributed by atoms with Crippen LogP contribution in [-0.4, -0.2) is 36.4 Å². The van der Waals surface area contributed by atoms with E-state index in [1.807, 2.05) is 31.2 Å². The van der Waals surface area contributed by atoms with Gasteiger partial charge in [0.05, 0.1) is 0 Å². The van der Waals surface area contributed by atoms with E-state index in [9.17, 15) is 10.2 Å². The maximum absolute atomic E-state index is 9.50. The second-order valence-electron chi connectivity index (χ2n) is 5.46. The summed E-state index contributed by atoms with van der Waals surface area (Å²) in [6.07, 6.45) is 0. The third-order valence-corrected chi connectivity index (χ3v) is 4.02. The smallest absolute Gasteiger partial charge is 0.115 e. The van der Waals surface area contributed by atoms with Crippen LogP contribution in [0, 0.1) is 6.92 Å². The first kappa shape index (κ1) is 13.6. The first-order valence-corrected chi connectivity index (χ1v) is 7.22. The lowest BCUT2D eigenvalue weighted by atomic mass is 10.1. The highest BCUT2D eigenvalue weighted by molar-refractivity contribution is 5.57. The van der Waals surface area contributed by atoms with Crippen LogP contribution in [0.2, 0.25) is 0 Å². The molecule has 0 amide bonds. The number of benzene rings is 2. The minimum atomic E-state index is 0.303. The Bertz CT molecular complexity index is 617. The predicted octanol–water partition coefficient (Wildman–Crippen LogP) is 2.73. The fourth-order valence-electron chi connectivity index (χ4n) is 2.86. The van der Waals surface area contributed by atoms with Crippen LogP contribution >= 0.6 is 0 Å². The van der Waals surface area contributed by atoms with Crippen molar-refractivity contribution in [3.05, 3.63) is 48.0 Å². The molecular weight excluding hydrogens is 264 g/mol. The van der Waals surface area contributed by atoms with Crippen LogP contribution in [0.3, 0.4) is 0 Å². The minimum Gasteiger partial charge on any atom is -0.508 e. The SMILES string of the molecule is Cc1cc(O)ccc1N1CCN(c2ccc(O)cc2)CC1. The third-order valence-electron chi connectivity index (χ3n) is 4.02. The molecule has 0 unspecified atom stereocenters. The number of aromatic hydroxyl groups is 2. The van der Waals surface area contributed by atoms with Gasteiger partial charge in [0.25, 0.3) is 0 Å². The molecular formula is C17H20N2O2. The lowest BCUT2D eigenvalue weighted by molar-refractivity contribution is 0.474. The van der Waals surface area contributed by atoms with Gasteiger partial charge in [-0.15, -0.1) is 0 Å². The Morgan fingerprint density at radius 3 is 1.95 bits per heavy atom. The van der Waals surface area contributed by atoms with E-state index in [1.54, 1.807) is 18.2 Å². The van der Waals surface area contributed by atoms with Gasteiger partial charge in [0.15, 0.2) is 0 Å². The number of piperazine rings is 1. The van der Waals surface area contributed by atoms with Crippen molar-refractivity contribution in [2.75, 3.05) is 36.0 Å². The summed E-state index contributed by atoms with van der Waals surface area (Å²) >= 11 is 0. The van der Waals surface area contributed by atoms with Crippen LogP contribution in [0.1, 0.15) is 5.56 Å². The third kappa shape index (κ3) is 2.89. The van der Waals surface area contributed by atoms with Gasteiger partial charge < -0.3 is 20.0 Å². The van der Waals surface area contributed by atoms with Gasteiger partial charge in [-0.1, -0.05) is 0 Å². The largest absolute Gasteiger partial charge is 0.508 e. The molecule has 1 fully saturated rings. The van der Waals surface area contributed by atoms with Crippen molar-refractivity contribution in [3.63, 3.8) is 0 Å². The van der Waals surface area contributed by atoms with E-state index < -0.39 is 0 Å². The Hall–Kier alpha value is -2.36. The molecule has 4 nitrogen and oxygen atoms in total. The topological polar surface area (TPSA) is 46.9 Å². The molecule has 1 heterocycles. The number of hydrogen-bond donors (Lipinski definition) is 2. The molecule has 4 heteroatoms. The normalized spacial score (nSPS) is 15.3. The van der Waals surface area contributed by atoms with Crippen LogP contribution < -0.4 is 9.80 Å². The molecule has 2 N–H and O–H groups in total. The molecule has 0 spiro atoms. The highest BCUT2D eigenvalue weighted by Crippen LogP contribution is 2.26. The van der Waals surface area contributed by atoms with Crippen LogP contribution in [0.4, 0.5) is 11.4 Å². The number of phenolic OH excluding ortho intramolecular Hbond substituents is 2. The van der Waals surface area contributed by atoms with Gasteiger partial charge in [-0.3, -0.25) is 0 Å². The van der Waals surface area contributed by atoms with Crippen molar-refractivity contribution >= 4 is 11.4 Å². The molecule has 1 aliphatic rings. The Kier molecular flexibility index (Phi) is 3.60. The molecule has 0 atom stereocenters. The highest BCUT2D eigenvalue weighted by Gasteiger charge is 2.18. The van der Waals surface area contributed by atoms with E-state index >= 15 is 0 Å². The lowest BCUT2D eigenvalue weighted by Gasteiger charge is -2.38. The van der Waals surface area contributed by atoms with E-state index in [0.717, 1.165) is 37.4 Å². The summed E-state index contributed by atoms with van der Waals surface area (Å²) < 4.78 is 0. The Morgan fingerprint density at radius 2 is 1.33 bits per heavy atom. The molecule has 1 saturated heterocycles. The fraction of sp³-hybridized carbons (Fsp3) is 0.294. The average molecular weight is 284 g/mol. The van der Waals surface area contributed by atoms with E-state index in [4.69, 9.17) is 0 Å². The number of anilines is 2. The van der Waals surface area contributed by atoms with E-state index in [1.165, 1.54) is 5.69 Å². The first-order valence-electron chi connectivity index (χ1n) is 7.22. The van der Waals surface area contributed by atoms with E-state index in [-0.39, 0.29) is 0 Å². The molecule has 3 rings (SSSR count). The van der Waals surface area contributed by atoms with Crippen molar-refractivity contribution in [1.29, 1.82) is 0 Å². The molecule has 0 bridgehead atoms. The number of aryl methyl sites for hydroxylation is 1. The zero-order valence-corrected chi connectivity index (χ0v) is 12.2. The zero-order chi connectivity index (χ0) is 14.8. The van der Waals surface area contributed by atoms with Gasteiger partial charge in [0.2, 0.25) is 0 Å². The van der Waals surface area contributed by atoms with Crippen LogP contribution in [0.25, 0.3) is 0 Å². The van der Waals surface area contributed by atoms with Crippen molar-refractivity contribution < 1.29 is 10.2 Å². The average Bonchev–Trinajstić information content (AvgIpc) is 2.48. The van der Waals surface area contributed by atoms with Crippen molar-refractivity contribution in [3.8, 4) is 11.5 Å². The highest BCUT2D eigenvalue weighted by atomic mass is 16.3. The second-order valence-corrected chi connectivity index (χ2v) is 5.46. The molecule has 0 saturated carbocycles. The molecule has 0 radical (unpaired) electrons. The van der Waals surface area contributed by atoms with E-state index in [0.29, 0.717) is 11.5 Å². The summed E-state index contributed by atoms with van der Waals surface area (Å²) in [5.41, 5.74) is 3.45. The van der Waals surface area contributed by atoms with Gasteiger partial charge in [-0.2, -0.15) is 0 Å². The quantitative estimate of drug-likeness (QED) is 0.890. The molecule has 21 heavy (non-hydrogen) atoms. The number of phenols is 2. The van der Waals surface area contributed by atoms with Crippen molar-refractivity contribution in [2.24, 2.45) is 0 Å². The summed E-state index contributed by atoms with van der Waals surface area (Å²) in [4.78, 5) is 4.68. The second kappa shape index (κ2) is 5.56. The monoisotopic (exact) mass is 284 g/mol. The lowest BCUT2D eigenvalue weighted by Crippen LogP contribution is -2.46. The van der Waals surface area contributed by atoms with Crippen LogP contribution in [0.5, 0.6) is 11.5 Å². The maximum atomic E-state index is 9.50. The van der Waals surface area contributed by atoms with Crippen LogP contribution in [0.15, 0.2) is 42.5 Å². The standard InChI is InChI=1S/C17H20N2O2/c1-13-12-16(21)6-7-17(13)19-10-8-18(9-11-19)14-2-4-15(20)5-3-14/h2-7,12,20-21H,8-11H2,1H3. The zero-order valence-electron chi connectivity index (χ0n) is 12.2. The summed E-state index contributed by atoms with van der Waals surface area (Å²) in [6.45, 7) is 5.83. The van der Waals surface area contributed by atoms with E-state index in [2.05, 4.69) is 9.80 Å². The molecule has 0 aromatic heterocycles. The summed E-state index contributed by atoms with van der Waals surface area (Å²) in [6, 6.07) is 12.9. The number of nitrogens with zero attached hydrogens (tertiary/aromatic N) is 2. The summed E-state index contributed by atoms with van der Waals surface area (Å²) in [5.74, 6) is 0.621. The van der Waals surface area contributed by atoms with Gasteiger partial charge in [0, 0.05) is 37.6 Å². The fourth-order valence-corrected chi connectivity index (χ4v) is 2.86. The first-order chi connectivity index (χ1) is 10.1. The minimum absolute atomic E-state index is 0.303. The number of hydrogen-bond acceptors (Lipinski definition) is 4. The van der Waals surface area contributed by atoms with Gasteiger partial charge in [-0.25, -0.2) is 0 Å². The summed E-state index contributed by atoms with van der Waals surface area (Å²) in [7, 11) is 0. The Morgan fingerprint density at radius 1 is 0.762 bits per heavy atom. The molecule has 2 aromatic carbocycles. The molecule has 2 aromatic rings. The molecule has 0 aliphatic carbocycles. The van der Waals surface area contributed by atoms with Gasteiger partial charge >= 0.3 is 0 Å². The van der Waals surface area contributed by atoms with Crippen LogP contribution in [-0.2, 0) is 0 Å². The van der Waals surface area contributed by atoms with Gasteiger partial charge in [0.1, 0.15) is 11.5 Å². The van der Waals surface area contributed by atoms with Crippen molar-refractivity contribution in [2.45, 2.75) is 6.92 Å². The Labute approximate surface area is 124 Å². The Balaban J connectivity index is 1.68. The number of rotatable bonds is 2. The van der Waals surface area contributed by atoms with Crippen molar-refractivity contribution in [1.82, 2.24) is 0 Å². The molecule has 1 aliphatic heterocycles. The van der Waals surface area contributed by atoms with Gasteiger partial charge in [-0.05, 0) is 55.0 Å². The predicted molar refractivity (Wildman–Crippen MR) is 85.4 cm³/mol.